The van der Waals surface area contributed by atoms with Gasteiger partial charge in [0.1, 0.15) is 0 Å². The second-order valence-corrected chi connectivity index (χ2v) is 8.84. The van der Waals surface area contributed by atoms with Gasteiger partial charge in [0.05, 0.1) is 5.52 Å². The van der Waals surface area contributed by atoms with E-state index in [1.807, 2.05) is 43.9 Å². The molecule has 1 aromatic carbocycles. The highest BCUT2D eigenvalue weighted by molar-refractivity contribution is 7.94. The van der Waals surface area contributed by atoms with Gasteiger partial charge in [0.25, 0.3) is 0 Å². The lowest BCUT2D eigenvalue weighted by atomic mass is 10.0. The minimum atomic E-state index is -0.0121. The van der Waals surface area contributed by atoms with Crippen LogP contribution in [0.2, 0.25) is 0 Å². The Bertz CT molecular complexity index is 952. The lowest BCUT2D eigenvalue weighted by molar-refractivity contribution is 0.0847. The predicted octanol–water partition coefficient (Wildman–Crippen LogP) is 4.95. The Hall–Kier alpha value is -2.15. The van der Waals surface area contributed by atoms with E-state index >= 15 is 0 Å². The van der Waals surface area contributed by atoms with Crippen molar-refractivity contribution in [2.45, 2.75) is 26.8 Å². The molecule has 0 saturated heterocycles. The number of fused-ring (bicyclic) bond motifs is 1. The van der Waals surface area contributed by atoms with E-state index in [1.54, 1.807) is 24.5 Å². The van der Waals surface area contributed by atoms with Crippen LogP contribution in [0, 0.1) is 5.92 Å². The molecule has 1 unspecified atom stereocenters. The van der Waals surface area contributed by atoms with E-state index in [0.717, 1.165) is 40.6 Å². The summed E-state index contributed by atoms with van der Waals surface area (Å²) in [6.07, 6.45) is 6.43. The molecule has 0 aliphatic rings. The summed E-state index contributed by atoms with van der Waals surface area (Å²) >= 11 is 1.65. The monoisotopic (exact) mass is 396 g/mol. The second kappa shape index (κ2) is 8.90. The first-order valence-electron chi connectivity index (χ1n) is 9.55. The molecule has 3 aromatic rings. The Labute approximate surface area is 171 Å². The first kappa shape index (κ1) is 20.6. The first-order chi connectivity index (χ1) is 13.4. The average molecular weight is 397 g/mol. The number of carbonyl (C=O) groups is 1. The number of aromatic nitrogens is 2. The van der Waals surface area contributed by atoms with Crippen LogP contribution in [0.5, 0.6) is 0 Å². The van der Waals surface area contributed by atoms with Crippen LogP contribution in [0.15, 0.2) is 48.9 Å². The van der Waals surface area contributed by atoms with Gasteiger partial charge in [-0.05, 0) is 62.5 Å². The summed E-state index contributed by atoms with van der Waals surface area (Å²) in [5.74, 6) is 0.135. The first-order valence-corrected chi connectivity index (χ1v) is 10.3. The second-order valence-electron chi connectivity index (χ2n) is 7.32. The maximum atomic E-state index is 13.0. The molecule has 1 atom stereocenters. The van der Waals surface area contributed by atoms with Crippen LogP contribution in [0.4, 0.5) is 0 Å². The zero-order valence-corrected chi connectivity index (χ0v) is 18.0. The Morgan fingerprint density at radius 1 is 1.14 bits per heavy atom. The third-order valence-corrected chi connectivity index (χ3v) is 5.60. The molecule has 2 aromatic heterocycles. The van der Waals surface area contributed by atoms with Gasteiger partial charge in [-0.3, -0.25) is 14.3 Å². The van der Waals surface area contributed by atoms with Crippen molar-refractivity contribution in [2.75, 3.05) is 21.1 Å². The number of hydrogen-bond acceptors (Lipinski definition) is 5. The van der Waals surface area contributed by atoms with Crippen LogP contribution in [-0.4, -0.2) is 45.2 Å². The molecule has 0 N–H and O–H groups in total. The van der Waals surface area contributed by atoms with E-state index in [1.165, 1.54) is 0 Å². The Kier molecular flexibility index (Phi) is 6.54. The van der Waals surface area contributed by atoms with E-state index in [-0.39, 0.29) is 11.8 Å². The number of rotatable bonds is 7. The number of pyridine rings is 1. The molecule has 148 valence electrons. The van der Waals surface area contributed by atoms with Crippen molar-refractivity contribution in [3.8, 4) is 11.1 Å². The van der Waals surface area contributed by atoms with Gasteiger partial charge in [-0.2, -0.15) is 0 Å². The fourth-order valence-electron chi connectivity index (χ4n) is 3.29. The lowest BCUT2D eigenvalue weighted by Gasteiger charge is -2.18. The normalized spacial score (nSPS) is 12.8. The Morgan fingerprint density at radius 2 is 1.86 bits per heavy atom. The number of benzene rings is 1. The third kappa shape index (κ3) is 4.46. The van der Waals surface area contributed by atoms with E-state index in [9.17, 15) is 4.79 Å². The average Bonchev–Trinajstić information content (AvgIpc) is 3.04. The molecule has 0 spiro atoms. The van der Waals surface area contributed by atoms with E-state index in [2.05, 4.69) is 45.8 Å². The predicted molar refractivity (Wildman–Crippen MR) is 118 cm³/mol. The smallest absolute Gasteiger partial charge is 0.233 e. The summed E-state index contributed by atoms with van der Waals surface area (Å²) in [5, 5.41) is 1.13. The van der Waals surface area contributed by atoms with Crippen molar-refractivity contribution in [2.24, 2.45) is 5.92 Å². The summed E-state index contributed by atoms with van der Waals surface area (Å²) in [4.78, 5) is 17.1. The van der Waals surface area contributed by atoms with Crippen LogP contribution < -0.4 is 0 Å². The molecule has 0 bridgehead atoms. The topological polar surface area (TPSA) is 41.4 Å². The van der Waals surface area contributed by atoms with Crippen molar-refractivity contribution in [1.82, 2.24) is 18.2 Å². The molecule has 0 radical (unpaired) electrons. The van der Waals surface area contributed by atoms with Crippen molar-refractivity contribution in [1.29, 1.82) is 0 Å². The van der Waals surface area contributed by atoms with Gasteiger partial charge < -0.3 is 0 Å². The minimum absolute atomic E-state index is 0.0121. The van der Waals surface area contributed by atoms with Gasteiger partial charge in [-0.25, -0.2) is 8.61 Å². The summed E-state index contributed by atoms with van der Waals surface area (Å²) in [6.45, 7) is 4.81. The van der Waals surface area contributed by atoms with Gasteiger partial charge in [0, 0.05) is 48.6 Å². The third-order valence-electron chi connectivity index (χ3n) is 4.87. The lowest BCUT2D eigenvalue weighted by Crippen LogP contribution is -2.18. The highest BCUT2D eigenvalue weighted by atomic mass is 32.2. The van der Waals surface area contributed by atoms with Crippen LogP contribution in [-0.2, 0) is 6.54 Å². The molecule has 0 aliphatic heterocycles. The summed E-state index contributed by atoms with van der Waals surface area (Å²) in [7, 11) is 6.12. The van der Waals surface area contributed by atoms with Gasteiger partial charge in [0.15, 0.2) is 0 Å². The van der Waals surface area contributed by atoms with Gasteiger partial charge in [-0.15, -0.1) is 0 Å². The molecule has 2 heterocycles. The minimum Gasteiger partial charge on any atom is -0.287 e. The zero-order chi connectivity index (χ0) is 20.3. The summed E-state index contributed by atoms with van der Waals surface area (Å²) in [6, 6.07) is 10.4. The number of nitrogens with zero attached hydrogens (tertiary/aromatic N) is 4. The zero-order valence-electron chi connectivity index (χ0n) is 17.2. The molecule has 6 heteroatoms. The van der Waals surface area contributed by atoms with Gasteiger partial charge in [-0.1, -0.05) is 26.0 Å². The number of carbonyl (C=O) groups excluding carboxylic acids is 1. The van der Waals surface area contributed by atoms with Crippen molar-refractivity contribution >= 4 is 28.9 Å². The fourth-order valence-corrected chi connectivity index (χ4v) is 4.04. The van der Waals surface area contributed by atoms with Crippen LogP contribution in [0.3, 0.4) is 0 Å². The molecule has 5 nitrogen and oxygen atoms in total. The van der Waals surface area contributed by atoms with Crippen LogP contribution in [0.1, 0.15) is 30.6 Å². The maximum Gasteiger partial charge on any atom is 0.233 e. The van der Waals surface area contributed by atoms with Gasteiger partial charge in [0.2, 0.25) is 5.91 Å². The molecular weight excluding hydrogens is 368 g/mol. The van der Waals surface area contributed by atoms with Crippen molar-refractivity contribution < 1.29 is 4.79 Å². The molecule has 3 rings (SSSR count). The molecule has 0 fully saturated rings. The molecule has 0 amide bonds. The largest absolute Gasteiger partial charge is 0.287 e. The molecular formula is C22H28N4OS. The quantitative estimate of drug-likeness (QED) is 0.529. The summed E-state index contributed by atoms with van der Waals surface area (Å²) in [5.41, 5.74) is 4.32. The molecule has 28 heavy (non-hydrogen) atoms. The Morgan fingerprint density at radius 3 is 2.50 bits per heavy atom. The van der Waals surface area contributed by atoms with Crippen LogP contribution in [0.25, 0.3) is 22.0 Å². The van der Waals surface area contributed by atoms with E-state index in [4.69, 9.17) is 0 Å². The Balaban J connectivity index is 2.08. The highest BCUT2D eigenvalue weighted by Crippen LogP contribution is 2.30. The SMILES string of the molecule is CCC(C)C(=O)n1cc(CN(C)SN(C)C)c2ccc(-c3ccncc3)cc21. The molecule has 0 saturated carbocycles. The fraction of sp³-hybridized carbons (Fsp3) is 0.364. The van der Waals surface area contributed by atoms with Crippen molar-refractivity contribution in [3.05, 3.63) is 54.5 Å². The van der Waals surface area contributed by atoms with Gasteiger partial charge >= 0.3 is 0 Å². The maximum absolute atomic E-state index is 13.0. The van der Waals surface area contributed by atoms with E-state index in [0.29, 0.717) is 0 Å². The standard InChI is InChI=1S/C22H28N4OS/c1-6-16(2)22(27)26-15-19(14-25(5)28-24(3)4)20-8-7-18(13-21(20)26)17-9-11-23-12-10-17/h7-13,15-16H,6,14H2,1-5H3. The summed E-state index contributed by atoms with van der Waals surface area (Å²) < 4.78 is 6.08. The highest BCUT2D eigenvalue weighted by Gasteiger charge is 2.19. The molecule has 0 aliphatic carbocycles. The van der Waals surface area contributed by atoms with E-state index < -0.39 is 0 Å². The van der Waals surface area contributed by atoms with Crippen molar-refractivity contribution in [3.63, 3.8) is 0 Å². The number of hydrogen-bond donors (Lipinski definition) is 0. The van der Waals surface area contributed by atoms with Crippen LogP contribution >= 0.6 is 12.1 Å².